The Bertz CT molecular complexity index is 541. The average molecular weight is 264 g/mol. The molecule has 0 amide bonds. The van der Waals surface area contributed by atoms with Gasteiger partial charge in [0.15, 0.2) is 0 Å². The Morgan fingerprint density at radius 1 is 1.33 bits per heavy atom. The highest BCUT2D eigenvalue weighted by Crippen LogP contribution is 2.22. The predicted octanol–water partition coefficient (Wildman–Crippen LogP) is 2.19. The minimum absolute atomic E-state index is 0.666. The van der Waals surface area contributed by atoms with Crippen LogP contribution in [0.2, 0.25) is 0 Å². The molecule has 0 aromatic carbocycles. The maximum Gasteiger partial charge on any atom is 0.225 e. The molecule has 0 bridgehead atoms. The number of methoxy groups -OCH3 is 1. The van der Waals surface area contributed by atoms with Gasteiger partial charge in [-0.3, -0.25) is 0 Å². The van der Waals surface area contributed by atoms with Gasteiger partial charge in [0.2, 0.25) is 5.88 Å². The lowest BCUT2D eigenvalue weighted by Gasteiger charge is -2.19. The Labute approximate surface area is 111 Å². The van der Waals surface area contributed by atoms with Gasteiger partial charge in [-0.05, 0) is 25.4 Å². The Morgan fingerprint density at radius 2 is 2.11 bits per heavy atom. The van der Waals surface area contributed by atoms with Crippen LogP contribution in [0.15, 0.2) is 12.4 Å². The SMILES string of the molecule is COc1cc(CN(C)c2ncnc(C)c2C)sn1. The van der Waals surface area contributed by atoms with E-state index in [1.54, 1.807) is 13.4 Å². The van der Waals surface area contributed by atoms with Crippen LogP contribution < -0.4 is 9.64 Å². The van der Waals surface area contributed by atoms with E-state index >= 15 is 0 Å². The molecule has 2 aromatic rings. The molecule has 0 saturated heterocycles. The lowest BCUT2D eigenvalue weighted by Crippen LogP contribution is -2.18. The van der Waals surface area contributed by atoms with Gasteiger partial charge < -0.3 is 9.64 Å². The number of hydrogen-bond donors (Lipinski definition) is 0. The summed E-state index contributed by atoms with van der Waals surface area (Å²) < 4.78 is 9.26. The fourth-order valence-electron chi connectivity index (χ4n) is 1.68. The van der Waals surface area contributed by atoms with Gasteiger partial charge in [0.1, 0.15) is 12.1 Å². The van der Waals surface area contributed by atoms with Crippen molar-refractivity contribution in [1.82, 2.24) is 14.3 Å². The van der Waals surface area contributed by atoms with Gasteiger partial charge >= 0.3 is 0 Å². The fourth-order valence-corrected chi connectivity index (χ4v) is 2.42. The molecule has 0 N–H and O–H groups in total. The Kier molecular flexibility index (Phi) is 3.76. The van der Waals surface area contributed by atoms with E-state index in [1.807, 2.05) is 27.0 Å². The second-order valence-electron chi connectivity index (χ2n) is 4.10. The minimum atomic E-state index is 0.666. The number of hydrogen-bond acceptors (Lipinski definition) is 6. The summed E-state index contributed by atoms with van der Waals surface area (Å²) in [6, 6.07) is 1.95. The zero-order valence-corrected chi connectivity index (χ0v) is 11.8. The van der Waals surface area contributed by atoms with E-state index in [4.69, 9.17) is 4.74 Å². The molecule has 18 heavy (non-hydrogen) atoms. The van der Waals surface area contributed by atoms with Crippen molar-refractivity contribution in [2.24, 2.45) is 0 Å². The van der Waals surface area contributed by atoms with Crippen LogP contribution in [0.3, 0.4) is 0 Å². The third-order valence-electron chi connectivity index (χ3n) is 2.81. The molecule has 0 aliphatic rings. The van der Waals surface area contributed by atoms with Crippen LogP contribution in [0.1, 0.15) is 16.1 Å². The zero-order valence-electron chi connectivity index (χ0n) is 11.0. The minimum Gasteiger partial charge on any atom is -0.480 e. The zero-order chi connectivity index (χ0) is 13.1. The van der Waals surface area contributed by atoms with Gasteiger partial charge in [0.25, 0.3) is 0 Å². The molecule has 2 aromatic heterocycles. The second kappa shape index (κ2) is 5.30. The number of rotatable bonds is 4. The van der Waals surface area contributed by atoms with E-state index in [9.17, 15) is 0 Å². The summed E-state index contributed by atoms with van der Waals surface area (Å²) in [7, 11) is 3.64. The van der Waals surface area contributed by atoms with Gasteiger partial charge in [-0.15, -0.1) is 0 Å². The highest BCUT2D eigenvalue weighted by molar-refractivity contribution is 7.05. The highest BCUT2D eigenvalue weighted by atomic mass is 32.1. The summed E-state index contributed by atoms with van der Waals surface area (Å²) >= 11 is 1.45. The number of nitrogens with zero attached hydrogens (tertiary/aromatic N) is 4. The molecular formula is C12H16N4OS. The van der Waals surface area contributed by atoms with Crippen LogP contribution in [0, 0.1) is 13.8 Å². The first-order chi connectivity index (χ1) is 8.61. The molecule has 0 fully saturated rings. The van der Waals surface area contributed by atoms with Crippen molar-refractivity contribution in [1.29, 1.82) is 0 Å². The molecule has 96 valence electrons. The third kappa shape index (κ3) is 2.59. The van der Waals surface area contributed by atoms with E-state index in [-0.39, 0.29) is 0 Å². The topological polar surface area (TPSA) is 51.1 Å². The summed E-state index contributed by atoms with van der Waals surface area (Å²) in [5.41, 5.74) is 2.12. The molecule has 0 unspecified atom stereocenters. The number of aromatic nitrogens is 3. The molecule has 2 rings (SSSR count). The molecule has 0 saturated carbocycles. The first-order valence-electron chi connectivity index (χ1n) is 5.60. The van der Waals surface area contributed by atoms with Crippen molar-refractivity contribution >= 4 is 17.4 Å². The second-order valence-corrected chi connectivity index (χ2v) is 4.99. The van der Waals surface area contributed by atoms with E-state index < -0.39 is 0 Å². The first-order valence-corrected chi connectivity index (χ1v) is 6.38. The molecule has 0 spiro atoms. The largest absolute Gasteiger partial charge is 0.480 e. The van der Waals surface area contributed by atoms with Gasteiger partial charge in [0.05, 0.1) is 13.7 Å². The normalized spacial score (nSPS) is 10.4. The van der Waals surface area contributed by atoms with Crippen LogP contribution in [0.5, 0.6) is 5.88 Å². The maximum atomic E-state index is 5.08. The van der Waals surface area contributed by atoms with Crippen LogP contribution in [-0.2, 0) is 6.54 Å². The number of aryl methyl sites for hydroxylation is 1. The molecule has 5 nitrogen and oxygen atoms in total. The lowest BCUT2D eigenvalue weighted by molar-refractivity contribution is 0.402. The van der Waals surface area contributed by atoms with Crippen molar-refractivity contribution in [3.05, 3.63) is 28.5 Å². The smallest absolute Gasteiger partial charge is 0.225 e. The third-order valence-corrected chi connectivity index (χ3v) is 3.56. The van der Waals surface area contributed by atoms with E-state index in [0.717, 1.165) is 28.5 Å². The number of ether oxygens (including phenoxy) is 1. The van der Waals surface area contributed by atoms with Gasteiger partial charge in [-0.2, -0.15) is 4.37 Å². The fraction of sp³-hybridized carbons (Fsp3) is 0.417. The van der Waals surface area contributed by atoms with Crippen molar-refractivity contribution < 1.29 is 4.74 Å². The van der Waals surface area contributed by atoms with Crippen LogP contribution in [0.25, 0.3) is 0 Å². The Hall–Kier alpha value is -1.69. The first kappa shape index (κ1) is 12.8. The summed E-state index contributed by atoms with van der Waals surface area (Å²) in [4.78, 5) is 11.7. The molecule has 0 radical (unpaired) electrons. The summed E-state index contributed by atoms with van der Waals surface area (Å²) in [5.74, 6) is 1.62. The molecule has 2 heterocycles. The number of anilines is 1. The summed E-state index contributed by atoms with van der Waals surface area (Å²) in [5, 5.41) is 0. The van der Waals surface area contributed by atoms with E-state index in [2.05, 4.69) is 19.2 Å². The monoisotopic (exact) mass is 264 g/mol. The van der Waals surface area contributed by atoms with E-state index in [0.29, 0.717) is 5.88 Å². The molecule has 0 aliphatic carbocycles. The van der Waals surface area contributed by atoms with Crippen molar-refractivity contribution in [2.75, 3.05) is 19.1 Å². The molecular weight excluding hydrogens is 248 g/mol. The van der Waals surface area contributed by atoms with Crippen LogP contribution >= 0.6 is 11.5 Å². The van der Waals surface area contributed by atoms with Crippen molar-refractivity contribution in [3.8, 4) is 5.88 Å². The van der Waals surface area contributed by atoms with E-state index in [1.165, 1.54) is 11.5 Å². The summed E-state index contributed by atoms with van der Waals surface area (Å²) in [6.45, 7) is 4.79. The Balaban J connectivity index is 2.16. The van der Waals surface area contributed by atoms with Gasteiger partial charge in [-0.25, -0.2) is 9.97 Å². The summed E-state index contributed by atoms with van der Waals surface area (Å²) in [6.07, 6.45) is 1.60. The highest BCUT2D eigenvalue weighted by Gasteiger charge is 2.11. The van der Waals surface area contributed by atoms with Gasteiger partial charge in [-0.1, -0.05) is 0 Å². The van der Waals surface area contributed by atoms with Crippen molar-refractivity contribution in [3.63, 3.8) is 0 Å². The Morgan fingerprint density at radius 3 is 2.78 bits per heavy atom. The van der Waals surface area contributed by atoms with Crippen LogP contribution in [0.4, 0.5) is 5.82 Å². The molecule has 0 atom stereocenters. The quantitative estimate of drug-likeness (QED) is 0.847. The van der Waals surface area contributed by atoms with Crippen LogP contribution in [-0.4, -0.2) is 28.5 Å². The average Bonchev–Trinajstić information content (AvgIpc) is 2.80. The molecule has 0 aliphatic heterocycles. The van der Waals surface area contributed by atoms with Gasteiger partial charge in [0, 0.05) is 29.2 Å². The lowest BCUT2D eigenvalue weighted by atomic mass is 10.2. The maximum absolute atomic E-state index is 5.08. The standard InChI is InChI=1S/C12H16N4OS/c1-8-9(2)13-7-14-12(8)16(3)6-10-5-11(17-4)15-18-10/h5,7H,6H2,1-4H3. The molecule has 6 heteroatoms. The van der Waals surface area contributed by atoms with Crippen molar-refractivity contribution in [2.45, 2.75) is 20.4 Å². The predicted molar refractivity (Wildman–Crippen MR) is 72.3 cm³/mol.